The molecule has 24 heavy (non-hydrogen) atoms. The molecule has 0 atom stereocenters. The summed E-state index contributed by atoms with van der Waals surface area (Å²) in [5, 5.41) is 11.1. The van der Waals surface area contributed by atoms with Crippen LogP contribution >= 0.6 is 0 Å². The van der Waals surface area contributed by atoms with E-state index in [0.29, 0.717) is 6.54 Å². The maximum atomic E-state index is 5.85. The van der Waals surface area contributed by atoms with E-state index in [1.165, 1.54) is 0 Å². The fourth-order valence-electron chi connectivity index (χ4n) is 2.40. The number of benzene rings is 1. The number of nitrogens with one attached hydrogen (secondary N) is 1. The first-order valence-electron chi connectivity index (χ1n) is 7.58. The molecule has 0 saturated heterocycles. The van der Waals surface area contributed by atoms with Gasteiger partial charge in [0.05, 0.1) is 24.6 Å². The van der Waals surface area contributed by atoms with Crippen LogP contribution in [-0.2, 0) is 6.54 Å². The Kier molecular flexibility index (Phi) is 3.77. The zero-order chi connectivity index (χ0) is 16.2. The minimum absolute atomic E-state index is 0.614. The van der Waals surface area contributed by atoms with Gasteiger partial charge in [-0.15, -0.1) is 5.10 Å². The first-order chi connectivity index (χ1) is 11.9. The lowest BCUT2D eigenvalue weighted by Gasteiger charge is -2.06. The van der Waals surface area contributed by atoms with E-state index in [1.807, 2.05) is 54.7 Å². The third-order valence-electron chi connectivity index (χ3n) is 3.63. The number of hydrogen-bond acceptors (Lipinski definition) is 5. The molecule has 6 nitrogen and oxygen atoms in total. The summed E-state index contributed by atoms with van der Waals surface area (Å²) < 4.78 is 7.57. The molecular weight excluding hydrogens is 302 g/mol. The smallest absolute Gasteiger partial charge is 0.135 e. The number of hydrogen-bond donors (Lipinski definition) is 1. The van der Waals surface area contributed by atoms with Gasteiger partial charge < -0.3 is 9.73 Å². The molecule has 0 bridgehead atoms. The van der Waals surface area contributed by atoms with E-state index < -0.39 is 0 Å². The standard InChI is InChI=1S/C18H15N5O/c1-2-14(12-19-9-1)18-8-7-17(24-18)13-20-15-3-5-16(6-4-15)23-11-10-21-22-23/h1-12,20H,13H2. The van der Waals surface area contributed by atoms with Gasteiger partial charge in [-0.05, 0) is 48.5 Å². The molecule has 1 aromatic carbocycles. The van der Waals surface area contributed by atoms with Crippen LogP contribution in [0.15, 0.2) is 77.7 Å². The largest absolute Gasteiger partial charge is 0.459 e. The molecule has 6 heteroatoms. The monoisotopic (exact) mass is 317 g/mol. The Bertz CT molecular complexity index is 898. The van der Waals surface area contributed by atoms with Crippen molar-refractivity contribution in [3.63, 3.8) is 0 Å². The predicted octanol–water partition coefficient (Wildman–Crippen LogP) is 3.53. The molecule has 118 valence electrons. The van der Waals surface area contributed by atoms with Crippen LogP contribution in [0.1, 0.15) is 5.76 Å². The Morgan fingerprint density at radius 3 is 2.67 bits per heavy atom. The van der Waals surface area contributed by atoms with Crippen molar-refractivity contribution in [1.29, 1.82) is 0 Å². The number of anilines is 1. The van der Waals surface area contributed by atoms with E-state index in [0.717, 1.165) is 28.5 Å². The van der Waals surface area contributed by atoms with Crippen LogP contribution in [0.3, 0.4) is 0 Å². The van der Waals surface area contributed by atoms with Gasteiger partial charge in [0.25, 0.3) is 0 Å². The summed E-state index contributed by atoms with van der Waals surface area (Å²) in [7, 11) is 0. The average molecular weight is 317 g/mol. The lowest BCUT2D eigenvalue weighted by atomic mass is 10.2. The molecule has 0 fully saturated rings. The molecule has 0 radical (unpaired) electrons. The molecule has 0 aliphatic rings. The van der Waals surface area contributed by atoms with Crippen LogP contribution in [0.4, 0.5) is 5.69 Å². The summed E-state index contributed by atoms with van der Waals surface area (Å²) in [4.78, 5) is 4.11. The normalized spacial score (nSPS) is 10.7. The van der Waals surface area contributed by atoms with Crippen molar-refractivity contribution in [2.45, 2.75) is 6.54 Å². The molecular formula is C18H15N5O. The molecule has 1 N–H and O–H groups in total. The van der Waals surface area contributed by atoms with Crippen molar-refractivity contribution >= 4 is 5.69 Å². The molecule has 4 aromatic rings. The van der Waals surface area contributed by atoms with Crippen molar-refractivity contribution < 1.29 is 4.42 Å². The number of nitrogens with zero attached hydrogens (tertiary/aromatic N) is 4. The third-order valence-corrected chi connectivity index (χ3v) is 3.63. The molecule has 0 saturated carbocycles. The Morgan fingerprint density at radius 2 is 1.92 bits per heavy atom. The van der Waals surface area contributed by atoms with Gasteiger partial charge in [-0.2, -0.15) is 0 Å². The Morgan fingerprint density at radius 1 is 1.00 bits per heavy atom. The Hall–Kier alpha value is -3.41. The summed E-state index contributed by atoms with van der Waals surface area (Å²) in [6.07, 6.45) is 7.00. The minimum atomic E-state index is 0.614. The number of aromatic nitrogens is 4. The second-order valence-electron chi connectivity index (χ2n) is 5.26. The van der Waals surface area contributed by atoms with E-state index in [1.54, 1.807) is 23.3 Å². The van der Waals surface area contributed by atoms with Gasteiger partial charge in [-0.25, -0.2) is 4.68 Å². The topological polar surface area (TPSA) is 68.8 Å². The fourth-order valence-corrected chi connectivity index (χ4v) is 2.40. The summed E-state index contributed by atoms with van der Waals surface area (Å²) in [5.41, 5.74) is 2.95. The van der Waals surface area contributed by atoms with Crippen molar-refractivity contribution in [3.05, 3.63) is 79.1 Å². The Balaban J connectivity index is 1.41. The summed E-state index contributed by atoms with van der Waals surface area (Å²) in [5.74, 6) is 1.69. The van der Waals surface area contributed by atoms with Gasteiger partial charge >= 0.3 is 0 Å². The minimum Gasteiger partial charge on any atom is -0.459 e. The van der Waals surface area contributed by atoms with Crippen molar-refractivity contribution in [3.8, 4) is 17.0 Å². The lowest BCUT2D eigenvalue weighted by Crippen LogP contribution is -1.99. The third kappa shape index (κ3) is 3.03. The Labute approximate surface area is 138 Å². The van der Waals surface area contributed by atoms with Crippen molar-refractivity contribution in [2.75, 3.05) is 5.32 Å². The summed E-state index contributed by atoms with van der Waals surface area (Å²) >= 11 is 0. The molecule has 0 aliphatic heterocycles. The van der Waals surface area contributed by atoms with Crippen LogP contribution in [0.5, 0.6) is 0 Å². The number of furan rings is 1. The molecule has 0 aliphatic carbocycles. The van der Waals surface area contributed by atoms with Gasteiger partial charge in [-0.1, -0.05) is 5.21 Å². The highest BCUT2D eigenvalue weighted by Crippen LogP contribution is 2.22. The van der Waals surface area contributed by atoms with Crippen LogP contribution < -0.4 is 5.32 Å². The fraction of sp³-hybridized carbons (Fsp3) is 0.0556. The molecule has 3 aromatic heterocycles. The van der Waals surface area contributed by atoms with Gasteiger partial charge in [0.1, 0.15) is 11.5 Å². The molecule has 0 unspecified atom stereocenters. The second-order valence-corrected chi connectivity index (χ2v) is 5.26. The van der Waals surface area contributed by atoms with Crippen molar-refractivity contribution in [2.24, 2.45) is 0 Å². The molecule has 0 spiro atoms. The van der Waals surface area contributed by atoms with Crippen molar-refractivity contribution in [1.82, 2.24) is 20.0 Å². The quantitative estimate of drug-likeness (QED) is 0.610. The highest BCUT2D eigenvalue weighted by Gasteiger charge is 2.05. The molecule has 4 rings (SSSR count). The van der Waals surface area contributed by atoms with E-state index >= 15 is 0 Å². The molecule has 3 heterocycles. The summed E-state index contributed by atoms with van der Waals surface area (Å²) in [6.45, 7) is 0.614. The second kappa shape index (κ2) is 6.37. The first-order valence-corrected chi connectivity index (χ1v) is 7.58. The van der Waals surface area contributed by atoms with Gasteiger partial charge in [-0.3, -0.25) is 4.98 Å². The summed E-state index contributed by atoms with van der Waals surface area (Å²) in [6, 6.07) is 15.8. The van der Waals surface area contributed by atoms with Gasteiger partial charge in [0.15, 0.2) is 0 Å². The lowest BCUT2D eigenvalue weighted by molar-refractivity contribution is 0.531. The SMILES string of the molecule is c1cncc(-c2ccc(CNc3ccc(-n4ccnn4)cc3)o2)c1. The van der Waals surface area contributed by atoms with Crippen LogP contribution in [0.2, 0.25) is 0 Å². The predicted molar refractivity (Wildman–Crippen MR) is 90.6 cm³/mol. The van der Waals surface area contributed by atoms with E-state index in [2.05, 4.69) is 20.6 Å². The van der Waals surface area contributed by atoms with Crippen LogP contribution in [-0.4, -0.2) is 20.0 Å². The number of rotatable bonds is 5. The van der Waals surface area contributed by atoms with Crippen LogP contribution in [0.25, 0.3) is 17.0 Å². The van der Waals surface area contributed by atoms with Gasteiger partial charge in [0, 0.05) is 23.6 Å². The highest BCUT2D eigenvalue weighted by molar-refractivity contribution is 5.56. The zero-order valence-corrected chi connectivity index (χ0v) is 12.8. The van der Waals surface area contributed by atoms with Crippen LogP contribution in [0, 0.1) is 0 Å². The van der Waals surface area contributed by atoms with E-state index in [-0.39, 0.29) is 0 Å². The zero-order valence-electron chi connectivity index (χ0n) is 12.8. The maximum absolute atomic E-state index is 5.85. The maximum Gasteiger partial charge on any atom is 0.135 e. The highest BCUT2D eigenvalue weighted by atomic mass is 16.3. The van der Waals surface area contributed by atoms with E-state index in [9.17, 15) is 0 Å². The number of pyridine rings is 1. The van der Waals surface area contributed by atoms with E-state index in [4.69, 9.17) is 4.42 Å². The molecule has 0 amide bonds. The first kappa shape index (κ1) is 14.2. The average Bonchev–Trinajstić information content (AvgIpc) is 3.33. The van der Waals surface area contributed by atoms with Gasteiger partial charge in [0.2, 0.25) is 0 Å².